The molecule has 2 aromatic rings. The van der Waals surface area contributed by atoms with Crippen LogP contribution in [-0.2, 0) is 35.5 Å². The van der Waals surface area contributed by atoms with Crippen LogP contribution >= 0.6 is 0 Å². The molecule has 2 aliphatic rings. The van der Waals surface area contributed by atoms with Crippen LogP contribution in [0.3, 0.4) is 0 Å². The molecular formula is C18H22N4O4. The molecule has 1 amide bonds. The number of amides is 1. The average Bonchev–Trinajstić information content (AvgIpc) is 3.19. The number of fused-ring (bicyclic) bond motifs is 2. The third-order valence-corrected chi connectivity index (χ3v) is 4.86. The van der Waals surface area contributed by atoms with Crippen molar-refractivity contribution in [2.24, 2.45) is 0 Å². The molecule has 0 fully saturated rings. The Morgan fingerprint density at radius 3 is 2.96 bits per heavy atom. The quantitative estimate of drug-likeness (QED) is 0.816. The lowest BCUT2D eigenvalue weighted by Crippen LogP contribution is -2.41. The molecule has 8 nitrogen and oxygen atoms in total. The molecule has 1 aromatic carbocycles. The van der Waals surface area contributed by atoms with Crippen molar-refractivity contribution in [3.05, 3.63) is 35.4 Å². The Morgan fingerprint density at radius 1 is 1.27 bits per heavy atom. The Kier molecular flexibility index (Phi) is 4.50. The highest BCUT2D eigenvalue weighted by molar-refractivity contribution is 5.79. The highest BCUT2D eigenvalue weighted by Crippen LogP contribution is 2.32. The van der Waals surface area contributed by atoms with E-state index in [0.717, 1.165) is 23.0 Å². The number of methoxy groups -OCH3 is 1. The summed E-state index contributed by atoms with van der Waals surface area (Å²) in [5.74, 6) is 3.24. The van der Waals surface area contributed by atoms with Gasteiger partial charge in [0, 0.05) is 32.7 Å². The van der Waals surface area contributed by atoms with Gasteiger partial charge in [0.15, 0.2) is 17.3 Å². The summed E-state index contributed by atoms with van der Waals surface area (Å²) in [6, 6.07) is 5.72. The molecule has 0 saturated heterocycles. The smallest absolute Gasteiger partial charge is 0.231 e. The van der Waals surface area contributed by atoms with E-state index in [4.69, 9.17) is 14.2 Å². The zero-order valence-electron chi connectivity index (χ0n) is 15.0. The Balaban J connectivity index is 1.46. The molecule has 0 saturated carbocycles. The van der Waals surface area contributed by atoms with Crippen LogP contribution in [-0.4, -0.2) is 52.1 Å². The third kappa shape index (κ3) is 3.12. The molecule has 4 rings (SSSR count). The van der Waals surface area contributed by atoms with Crippen molar-refractivity contribution in [2.45, 2.75) is 39.0 Å². The van der Waals surface area contributed by atoms with Crippen LogP contribution in [0.15, 0.2) is 18.2 Å². The number of rotatable bonds is 4. The Morgan fingerprint density at radius 2 is 2.12 bits per heavy atom. The minimum Gasteiger partial charge on any atom is -0.454 e. The fraction of sp³-hybridized carbons (Fsp3) is 0.500. The van der Waals surface area contributed by atoms with Crippen LogP contribution in [0.1, 0.15) is 24.1 Å². The highest BCUT2D eigenvalue weighted by atomic mass is 16.7. The lowest BCUT2D eigenvalue weighted by Gasteiger charge is -2.26. The molecule has 0 radical (unpaired) electrons. The van der Waals surface area contributed by atoms with Crippen molar-refractivity contribution in [3.63, 3.8) is 0 Å². The molecule has 8 heteroatoms. The van der Waals surface area contributed by atoms with Crippen molar-refractivity contribution in [3.8, 4) is 11.5 Å². The molecule has 3 heterocycles. The second-order valence-corrected chi connectivity index (χ2v) is 6.62. The summed E-state index contributed by atoms with van der Waals surface area (Å²) in [5, 5.41) is 8.46. The van der Waals surface area contributed by atoms with Crippen molar-refractivity contribution < 1.29 is 19.0 Å². The van der Waals surface area contributed by atoms with Crippen molar-refractivity contribution in [1.29, 1.82) is 0 Å². The number of ether oxygens (including phenoxy) is 3. The summed E-state index contributed by atoms with van der Waals surface area (Å²) in [6.45, 7) is 4.02. The number of carbonyl (C=O) groups is 1. The van der Waals surface area contributed by atoms with Gasteiger partial charge >= 0.3 is 0 Å². The first kappa shape index (κ1) is 16.8. The molecule has 2 aliphatic heterocycles. The maximum atomic E-state index is 12.9. The number of benzene rings is 1. The number of carbonyl (C=O) groups excluding carboxylic acids is 1. The molecule has 1 atom stereocenters. The normalized spacial score (nSPS) is 18.5. The van der Waals surface area contributed by atoms with Crippen LogP contribution in [0, 0.1) is 0 Å². The molecule has 0 spiro atoms. The number of aromatic nitrogens is 3. The number of nitrogens with zero attached hydrogens (tertiary/aromatic N) is 4. The summed E-state index contributed by atoms with van der Waals surface area (Å²) in [4.78, 5) is 14.8. The molecule has 138 valence electrons. The van der Waals surface area contributed by atoms with Crippen LogP contribution in [0.2, 0.25) is 0 Å². The Hall–Kier alpha value is -2.61. The van der Waals surface area contributed by atoms with E-state index in [1.165, 1.54) is 0 Å². The molecule has 1 unspecified atom stereocenters. The van der Waals surface area contributed by atoms with Gasteiger partial charge in [-0.2, -0.15) is 0 Å². The number of hydrogen-bond acceptors (Lipinski definition) is 6. The minimum atomic E-state index is 0.0670. The highest BCUT2D eigenvalue weighted by Gasteiger charge is 2.27. The first-order valence-electron chi connectivity index (χ1n) is 8.73. The SMILES string of the molecule is COCc1nnc2n1CCN(C(=O)Cc1ccc3c(c1)OCO3)C(C)C2. The fourth-order valence-electron chi connectivity index (χ4n) is 3.52. The second-order valence-electron chi connectivity index (χ2n) is 6.62. The molecule has 26 heavy (non-hydrogen) atoms. The van der Waals surface area contributed by atoms with Crippen molar-refractivity contribution >= 4 is 5.91 Å². The fourth-order valence-corrected chi connectivity index (χ4v) is 3.52. The van der Waals surface area contributed by atoms with E-state index in [-0.39, 0.29) is 18.7 Å². The van der Waals surface area contributed by atoms with Gasteiger partial charge in [-0.05, 0) is 24.6 Å². The van der Waals surface area contributed by atoms with E-state index in [1.807, 2.05) is 23.1 Å². The van der Waals surface area contributed by atoms with Crippen LogP contribution in [0.4, 0.5) is 0 Å². The summed E-state index contributed by atoms with van der Waals surface area (Å²) in [5.41, 5.74) is 0.926. The molecular weight excluding hydrogens is 336 g/mol. The molecule has 0 bridgehead atoms. The van der Waals surface area contributed by atoms with Crippen molar-refractivity contribution in [2.75, 3.05) is 20.4 Å². The Bertz CT molecular complexity index is 820. The maximum absolute atomic E-state index is 12.9. The van der Waals surface area contributed by atoms with E-state index >= 15 is 0 Å². The number of hydrogen-bond donors (Lipinski definition) is 0. The largest absolute Gasteiger partial charge is 0.454 e. The topological polar surface area (TPSA) is 78.7 Å². The predicted octanol–water partition coefficient (Wildman–Crippen LogP) is 1.17. The van der Waals surface area contributed by atoms with E-state index in [9.17, 15) is 4.79 Å². The van der Waals surface area contributed by atoms with Gasteiger partial charge in [-0.3, -0.25) is 4.79 Å². The predicted molar refractivity (Wildman–Crippen MR) is 91.9 cm³/mol. The summed E-state index contributed by atoms with van der Waals surface area (Å²) in [6.07, 6.45) is 1.02. The van der Waals surface area contributed by atoms with Crippen LogP contribution in [0.25, 0.3) is 0 Å². The van der Waals surface area contributed by atoms with Crippen molar-refractivity contribution in [1.82, 2.24) is 19.7 Å². The monoisotopic (exact) mass is 358 g/mol. The van der Waals surface area contributed by atoms with Gasteiger partial charge in [0.1, 0.15) is 12.4 Å². The van der Waals surface area contributed by atoms with Gasteiger partial charge < -0.3 is 23.7 Å². The van der Waals surface area contributed by atoms with Gasteiger partial charge in [0.2, 0.25) is 12.7 Å². The first-order chi connectivity index (χ1) is 12.7. The molecule has 0 aliphatic carbocycles. The van der Waals surface area contributed by atoms with Gasteiger partial charge in [0.25, 0.3) is 0 Å². The van der Waals surface area contributed by atoms with Gasteiger partial charge in [-0.1, -0.05) is 6.07 Å². The molecule has 0 N–H and O–H groups in total. The van der Waals surface area contributed by atoms with E-state index in [2.05, 4.69) is 21.7 Å². The average molecular weight is 358 g/mol. The lowest BCUT2D eigenvalue weighted by molar-refractivity contribution is -0.132. The van der Waals surface area contributed by atoms with Crippen LogP contribution in [0.5, 0.6) is 11.5 Å². The summed E-state index contributed by atoms with van der Waals surface area (Å²) < 4.78 is 18.0. The van der Waals surface area contributed by atoms with E-state index in [0.29, 0.717) is 38.3 Å². The lowest BCUT2D eigenvalue weighted by atomic mass is 10.1. The van der Waals surface area contributed by atoms with E-state index < -0.39 is 0 Å². The summed E-state index contributed by atoms with van der Waals surface area (Å²) in [7, 11) is 1.64. The summed E-state index contributed by atoms with van der Waals surface area (Å²) >= 11 is 0. The Labute approximate surface area is 151 Å². The third-order valence-electron chi connectivity index (χ3n) is 4.86. The van der Waals surface area contributed by atoms with Crippen LogP contribution < -0.4 is 9.47 Å². The van der Waals surface area contributed by atoms with Gasteiger partial charge in [-0.15, -0.1) is 10.2 Å². The van der Waals surface area contributed by atoms with E-state index in [1.54, 1.807) is 7.11 Å². The standard InChI is InChI=1S/C18H22N4O4/c1-12-7-16-19-20-17(10-24-2)22(16)6-5-21(12)18(23)9-13-3-4-14-15(8-13)26-11-25-14/h3-4,8,12H,5-7,9-11H2,1-2H3. The van der Waals surface area contributed by atoms with Gasteiger partial charge in [0.05, 0.1) is 6.42 Å². The maximum Gasteiger partial charge on any atom is 0.231 e. The van der Waals surface area contributed by atoms with Gasteiger partial charge in [-0.25, -0.2) is 0 Å². The minimum absolute atomic E-state index is 0.0670. The zero-order chi connectivity index (χ0) is 18.1. The zero-order valence-corrected chi connectivity index (χ0v) is 15.0. The molecule has 1 aromatic heterocycles. The first-order valence-corrected chi connectivity index (χ1v) is 8.73. The second kappa shape index (κ2) is 6.95.